The third-order valence-electron chi connectivity index (χ3n) is 4.77. The quantitative estimate of drug-likeness (QED) is 0.884. The van der Waals surface area contributed by atoms with Crippen LogP contribution >= 0.6 is 12.4 Å². The summed E-state index contributed by atoms with van der Waals surface area (Å²) in [5.74, 6) is -0.141. The van der Waals surface area contributed by atoms with Gasteiger partial charge in [0, 0.05) is 19.1 Å². The number of benzene rings is 1. The highest BCUT2D eigenvalue weighted by Gasteiger charge is 2.28. The molecule has 1 aromatic heterocycles. The Bertz CT molecular complexity index is 744. The monoisotopic (exact) mass is 380 g/mol. The third kappa shape index (κ3) is 4.07. The molecule has 0 bridgehead atoms. The normalized spacial score (nSPS) is 17.3. The molecule has 7 heteroatoms. The first-order valence-corrected chi connectivity index (χ1v) is 8.81. The van der Waals surface area contributed by atoms with Crippen LogP contribution in [0.4, 0.5) is 4.39 Å². The van der Waals surface area contributed by atoms with Crippen LogP contribution in [-0.2, 0) is 0 Å². The lowest BCUT2D eigenvalue weighted by atomic mass is 10.0. The molecule has 2 aromatic rings. The molecule has 2 heterocycles. The Balaban J connectivity index is 0.00000243. The van der Waals surface area contributed by atoms with Gasteiger partial charge in [-0.25, -0.2) is 9.07 Å². The summed E-state index contributed by atoms with van der Waals surface area (Å²) < 4.78 is 15.0. The molecule has 1 unspecified atom stereocenters. The maximum Gasteiger partial charge on any atom is 0.257 e. The maximum atomic E-state index is 13.2. The average Bonchev–Trinajstić information content (AvgIpc) is 3.07. The molecule has 1 aliphatic heterocycles. The first-order chi connectivity index (χ1) is 12.0. The van der Waals surface area contributed by atoms with E-state index in [4.69, 9.17) is 0 Å². The van der Waals surface area contributed by atoms with Gasteiger partial charge in [0.25, 0.3) is 5.91 Å². The summed E-state index contributed by atoms with van der Waals surface area (Å²) in [5.41, 5.74) is 2.26. The van der Waals surface area contributed by atoms with E-state index in [2.05, 4.69) is 10.4 Å². The van der Waals surface area contributed by atoms with Gasteiger partial charge in [0.05, 0.1) is 23.1 Å². The number of piperidine rings is 1. The summed E-state index contributed by atoms with van der Waals surface area (Å²) in [4.78, 5) is 15.0. The molecule has 1 atom stereocenters. The van der Waals surface area contributed by atoms with Crippen LogP contribution in [-0.4, -0.2) is 46.8 Å². The molecule has 0 spiro atoms. The fraction of sp³-hybridized carbons (Fsp3) is 0.474. The Morgan fingerprint density at radius 2 is 2.00 bits per heavy atom. The number of nitrogens with zero attached hydrogens (tertiary/aromatic N) is 3. The molecule has 26 heavy (non-hydrogen) atoms. The predicted molar refractivity (Wildman–Crippen MR) is 103 cm³/mol. The Kier molecular flexibility index (Phi) is 6.78. The van der Waals surface area contributed by atoms with E-state index >= 15 is 0 Å². The van der Waals surface area contributed by atoms with E-state index in [9.17, 15) is 9.18 Å². The van der Waals surface area contributed by atoms with Crippen molar-refractivity contribution >= 4 is 18.3 Å². The SMILES string of the molecule is CNC1CCCN(C(=O)c2cnn(-c3ccc(F)cc3)c2C(C)C)C1.Cl. The fourth-order valence-electron chi connectivity index (χ4n) is 3.43. The van der Waals surface area contributed by atoms with Crippen molar-refractivity contribution in [3.05, 3.63) is 47.5 Å². The molecule has 0 radical (unpaired) electrons. The second-order valence-corrected chi connectivity index (χ2v) is 6.87. The van der Waals surface area contributed by atoms with E-state index < -0.39 is 0 Å². The summed E-state index contributed by atoms with van der Waals surface area (Å²) in [6.45, 7) is 5.58. The van der Waals surface area contributed by atoms with Crippen LogP contribution in [0.3, 0.4) is 0 Å². The molecule has 3 rings (SSSR count). The van der Waals surface area contributed by atoms with Gasteiger partial charge in [-0.3, -0.25) is 4.79 Å². The molecule has 1 fully saturated rings. The minimum atomic E-state index is -0.287. The number of carbonyl (C=O) groups excluding carboxylic acids is 1. The molecule has 142 valence electrons. The zero-order valence-electron chi connectivity index (χ0n) is 15.4. The smallest absolute Gasteiger partial charge is 0.257 e. The predicted octanol–water partition coefficient (Wildman–Crippen LogP) is 3.38. The topological polar surface area (TPSA) is 50.2 Å². The second kappa shape index (κ2) is 8.64. The molecule has 1 N–H and O–H groups in total. The number of rotatable bonds is 4. The summed E-state index contributed by atoms with van der Waals surface area (Å²) in [6.07, 6.45) is 3.73. The van der Waals surface area contributed by atoms with E-state index in [1.54, 1.807) is 23.0 Å². The van der Waals surface area contributed by atoms with Gasteiger partial charge in [0.15, 0.2) is 0 Å². The van der Waals surface area contributed by atoms with Gasteiger partial charge in [0.1, 0.15) is 5.82 Å². The van der Waals surface area contributed by atoms with Gasteiger partial charge in [-0.05, 0) is 50.1 Å². The average molecular weight is 381 g/mol. The Hall–Kier alpha value is -1.92. The number of aromatic nitrogens is 2. The van der Waals surface area contributed by atoms with E-state index in [1.165, 1.54) is 12.1 Å². The number of halogens is 2. The van der Waals surface area contributed by atoms with Crippen LogP contribution in [0, 0.1) is 5.82 Å². The fourth-order valence-corrected chi connectivity index (χ4v) is 3.43. The summed E-state index contributed by atoms with van der Waals surface area (Å²) in [7, 11) is 1.94. The van der Waals surface area contributed by atoms with Crippen LogP contribution < -0.4 is 5.32 Å². The van der Waals surface area contributed by atoms with Gasteiger partial charge >= 0.3 is 0 Å². The molecule has 0 saturated carbocycles. The molecule has 5 nitrogen and oxygen atoms in total. The lowest BCUT2D eigenvalue weighted by Gasteiger charge is -2.32. The zero-order chi connectivity index (χ0) is 18.0. The molecule has 0 aliphatic carbocycles. The molecule has 1 aliphatic rings. The minimum absolute atomic E-state index is 0. The molecule has 1 aromatic carbocycles. The van der Waals surface area contributed by atoms with E-state index in [0.717, 1.165) is 30.8 Å². The number of likely N-dealkylation sites (N-methyl/N-ethyl adjacent to an activating group) is 1. The zero-order valence-corrected chi connectivity index (χ0v) is 16.2. The highest BCUT2D eigenvalue weighted by molar-refractivity contribution is 5.95. The molecular weight excluding hydrogens is 355 g/mol. The van der Waals surface area contributed by atoms with Crippen molar-refractivity contribution in [3.63, 3.8) is 0 Å². The number of hydrogen-bond acceptors (Lipinski definition) is 3. The standard InChI is InChI=1S/C19H25FN4O.ClH/c1-13(2)18-17(19(25)23-10-4-5-15(12-23)21-3)11-22-24(18)16-8-6-14(20)7-9-16;/h6-9,11,13,15,21H,4-5,10,12H2,1-3H3;1H. The highest BCUT2D eigenvalue weighted by Crippen LogP contribution is 2.25. The van der Waals surface area contributed by atoms with E-state index in [-0.39, 0.29) is 30.0 Å². The Morgan fingerprint density at radius 1 is 1.31 bits per heavy atom. The number of likely N-dealkylation sites (tertiary alicyclic amines) is 1. The van der Waals surface area contributed by atoms with Gasteiger partial charge in [0.2, 0.25) is 0 Å². The maximum absolute atomic E-state index is 13.2. The molecule has 1 amide bonds. The number of carbonyl (C=O) groups is 1. The van der Waals surface area contributed by atoms with E-state index in [0.29, 0.717) is 18.2 Å². The minimum Gasteiger partial charge on any atom is -0.337 e. The summed E-state index contributed by atoms with van der Waals surface area (Å²) in [5, 5.41) is 7.69. The van der Waals surface area contributed by atoms with Crippen LogP contribution in [0.25, 0.3) is 5.69 Å². The van der Waals surface area contributed by atoms with E-state index in [1.807, 2.05) is 25.8 Å². The van der Waals surface area contributed by atoms with Gasteiger partial charge < -0.3 is 10.2 Å². The van der Waals surface area contributed by atoms with Crippen LogP contribution in [0.1, 0.15) is 48.7 Å². The van der Waals surface area contributed by atoms with Crippen LogP contribution in [0.5, 0.6) is 0 Å². The molecular formula is C19H26ClFN4O. The third-order valence-corrected chi connectivity index (χ3v) is 4.77. The van der Waals surface area contributed by atoms with Gasteiger partial charge in [-0.2, -0.15) is 5.10 Å². The first kappa shape index (κ1) is 20.4. The van der Waals surface area contributed by atoms with Gasteiger partial charge in [-0.1, -0.05) is 13.8 Å². The van der Waals surface area contributed by atoms with Crippen molar-refractivity contribution in [3.8, 4) is 5.69 Å². The lowest BCUT2D eigenvalue weighted by molar-refractivity contribution is 0.0696. The second-order valence-electron chi connectivity index (χ2n) is 6.87. The lowest BCUT2D eigenvalue weighted by Crippen LogP contribution is -2.47. The summed E-state index contributed by atoms with van der Waals surface area (Å²) in [6, 6.07) is 6.52. The van der Waals surface area contributed by atoms with Gasteiger partial charge in [-0.15, -0.1) is 12.4 Å². The van der Waals surface area contributed by atoms with Crippen LogP contribution in [0.2, 0.25) is 0 Å². The van der Waals surface area contributed by atoms with Crippen LogP contribution in [0.15, 0.2) is 30.5 Å². The number of nitrogens with one attached hydrogen (secondary N) is 1. The van der Waals surface area contributed by atoms with Crippen molar-refractivity contribution in [2.24, 2.45) is 0 Å². The van der Waals surface area contributed by atoms with Crippen molar-refractivity contribution in [2.45, 2.75) is 38.6 Å². The number of hydrogen-bond donors (Lipinski definition) is 1. The van der Waals surface area contributed by atoms with Crippen molar-refractivity contribution in [2.75, 3.05) is 20.1 Å². The summed E-state index contributed by atoms with van der Waals surface area (Å²) >= 11 is 0. The van der Waals surface area contributed by atoms with Crippen molar-refractivity contribution in [1.82, 2.24) is 20.0 Å². The largest absolute Gasteiger partial charge is 0.337 e. The Labute approximate surface area is 160 Å². The highest BCUT2D eigenvalue weighted by atomic mass is 35.5. The first-order valence-electron chi connectivity index (χ1n) is 8.81. The molecule has 1 saturated heterocycles. The number of amides is 1. The van der Waals surface area contributed by atoms with Crippen molar-refractivity contribution in [1.29, 1.82) is 0 Å². The Morgan fingerprint density at radius 3 is 2.62 bits per heavy atom. The van der Waals surface area contributed by atoms with Crippen molar-refractivity contribution < 1.29 is 9.18 Å².